The topological polar surface area (TPSA) is 38.0 Å². The molecule has 17 heavy (non-hydrogen) atoms. The van der Waals surface area contributed by atoms with Gasteiger partial charge in [0, 0.05) is 10.2 Å². The Morgan fingerprint density at radius 3 is 2.59 bits per heavy atom. The van der Waals surface area contributed by atoms with Crippen LogP contribution in [0.15, 0.2) is 40.9 Å². The molecule has 4 heteroatoms. The van der Waals surface area contributed by atoms with Crippen molar-refractivity contribution in [2.75, 3.05) is 11.1 Å². The Morgan fingerprint density at radius 2 is 1.94 bits per heavy atom. The van der Waals surface area contributed by atoms with Gasteiger partial charge >= 0.3 is 0 Å². The standard InChI is InChI=1S/C13H12BrFN2/c1-8-2-5-13(10(14)6-8)17-9-3-4-12(16)11(15)7-9/h2-7,17H,16H2,1H3. The zero-order valence-electron chi connectivity index (χ0n) is 9.30. The van der Waals surface area contributed by atoms with E-state index < -0.39 is 5.82 Å². The van der Waals surface area contributed by atoms with E-state index in [1.165, 1.54) is 6.07 Å². The fourth-order valence-corrected chi connectivity index (χ4v) is 2.07. The van der Waals surface area contributed by atoms with Crippen molar-refractivity contribution in [1.29, 1.82) is 0 Å². The lowest BCUT2D eigenvalue weighted by molar-refractivity contribution is 0.633. The third kappa shape index (κ3) is 2.77. The number of aryl methyl sites for hydroxylation is 1. The fraction of sp³-hybridized carbons (Fsp3) is 0.0769. The predicted molar refractivity (Wildman–Crippen MR) is 73.0 cm³/mol. The Balaban J connectivity index is 2.28. The number of nitrogens with one attached hydrogen (secondary N) is 1. The maximum absolute atomic E-state index is 13.3. The van der Waals surface area contributed by atoms with Gasteiger partial charge in [-0.1, -0.05) is 6.07 Å². The minimum absolute atomic E-state index is 0.151. The largest absolute Gasteiger partial charge is 0.396 e. The molecule has 0 spiro atoms. The molecule has 0 aliphatic rings. The summed E-state index contributed by atoms with van der Waals surface area (Å²) in [6, 6.07) is 10.6. The molecule has 0 unspecified atom stereocenters. The first-order valence-electron chi connectivity index (χ1n) is 5.14. The van der Waals surface area contributed by atoms with E-state index in [9.17, 15) is 4.39 Å². The molecular formula is C13H12BrFN2. The number of hydrogen-bond acceptors (Lipinski definition) is 2. The SMILES string of the molecule is Cc1ccc(Nc2ccc(N)c(F)c2)c(Br)c1. The summed E-state index contributed by atoms with van der Waals surface area (Å²) in [6.07, 6.45) is 0. The third-order valence-electron chi connectivity index (χ3n) is 2.40. The first kappa shape index (κ1) is 11.9. The normalized spacial score (nSPS) is 10.3. The molecule has 0 aliphatic heterocycles. The average molecular weight is 295 g/mol. The van der Waals surface area contributed by atoms with Crippen LogP contribution in [0.2, 0.25) is 0 Å². The van der Waals surface area contributed by atoms with Crippen LogP contribution in [0.5, 0.6) is 0 Å². The summed E-state index contributed by atoms with van der Waals surface area (Å²) in [6.45, 7) is 2.01. The van der Waals surface area contributed by atoms with Gasteiger partial charge in [0.2, 0.25) is 0 Å². The lowest BCUT2D eigenvalue weighted by Gasteiger charge is -2.10. The van der Waals surface area contributed by atoms with Crippen LogP contribution in [0.4, 0.5) is 21.5 Å². The van der Waals surface area contributed by atoms with Crippen LogP contribution in [-0.2, 0) is 0 Å². The van der Waals surface area contributed by atoms with E-state index in [-0.39, 0.29) is 5.69 Å². The fourth-order valence-electron chi connectivity index (χ4n) is 1.48. The third-order valence-corrected chi connectivity index (χ3v) is 3.06. The summed E-state index contributed by atoms with van der Waals surface area (Å²) in [5, 5.41) is 3.13. The highest BCUT2D eigenvalue weighted by atomic mass is 79.9. The molecule has 0 saturated carbocycles. The molecule has 0 aromatic heterocycles. The molecule has 2 aromatic rings. The van der Waals surface area contributed by atoms with Gasteiger partial charge in [-0.15, -0.1) is 0 Å². The minimum Gasteiger partial charge on any atom is -0.396 e. The van der Waals surface area contributed by atoms with Crippen molar-refractivity contribution in [3.8, 4) is 0 Å². The molecule has 3 N–H and O–H groups in total. The van der Waals surface area contributed by atoms with Gasteiger partial charge in [-0.25, -0.2) is 4.39 Å². The number of nitrogen functional groups attached to an aromatic ring is 1. The van der Waals surface area contributed by atoms with Crippen LogP contribution in [-0.4, -0.2) is 0 Å². The van der Waals surface area contributed by atoms with Gasteiger partial charge < -0.3 is 11.1 Å². The molecule has 0 bridgehead atoms. The van der Waals surface area contributed by atoms with Crippen molar-refractivity contribution in [2.45, 2.75) is 6.92 Å². The maximum Gasteiger partial charge on any atom is 0.148 e. The van der Waals surface area contributed by atoms with Crippen molar-refractivity contribution in [3.63, 3.8) is 0 Å². The summed E-state index contributed by atoms with van der Waals surface area (Å²) in [4.78, 5) is 0. The Kier molecular flexibility index (Phi) is 3.33. The van der Waals surface area contributed by atoms with Gasteiger partial charge in [0.1, 0.15) is 5.82 Å². The highest BCUT2D eigenvalue weighted by Crippen LogP contribution is 2.27. The molecule has 88 valence electrons. The summed E-state index contributed by atoms with van der Waals surface area (Å²) in [5.41, 5.74) is 8.29. The van der Waals surface area contributed by atoms with Crippen molar-refractivity contribution in [1.82, 2.24) is 0 Å². The molecule has 0 fully saturated rings. The highest BCUT2D eigenvalue weighted by Gasteiger charge is 2.03. The van der Waals surface area contributed by atoms with Gasteiger partial charge in [-0.05, 0) is 58.7 Å². The van der Waals surface area contributed by atoms with Crippen LogP contribution < -0.4 is 11.1 Å². The van der Waals surface area contributed by atoms with Gasteiger partial charge in [-0.2, -0.15) is 0 Å². The van der Waals surface area contributed by atoms with Gasteiger partial charge in [0.05, 0.1) is 11.4 Å². The van der Waals surface area contributed by atoms with Crippen LogP contribution in [0.25, 0.3) is 0 Å². The van der Waals surface area contributed by atoms with E-state index in [1.807, 2.05) is 25.1 Å². The molecule has 2 nitrogen and oxygen atoms in total. The van der Waals surface area contributed by atoms with Crippen molar-refractivity contribution >= 4 is 33.0 Å². The second-order valence-corrected chi connectivity index (χ2v) is 4.70. The molecule has 0 saturated heterocycles. The van der Waals surface area contributed by atoms with Gasteiger partial charge in [0.25, 0.3) is 0 Å². The van der Waals surface area contributed by atoms with Crippen LogP contribution in [0.3, 0.4) is 0 Å². The van der Waals surface area contributed by atoms with Gasteiger partial charge in [-0.3, -0.25) is 0 Å². The maximum atomic E-state index is 13.3. The number of benzene rings is 2. The molecule has 2 rings (SSSR count). The predicted octanol–water partition coefficient (Wildman–Crippen LogP) is 4.22. The number of halogens is 2. The summed E-state index contributed by atoms with van der Waals surface area (Å²) >= 11 is 3.46. The average Bonchev–Trinajstić information content (AvgIpc) is 2.27. The Hall–Kier alpha value is -1.55. The van der Waals surface area contributed by atoms with Gasteiger partial charge in [0.15, 0.2) is 0 Å². The summed E-state index contributed by atoms with van der Waals surface area (Å²) in [7, 11) is 0. The molecule has 2 aromatic carbocycles. The van der Waals surface area contributed by atoms with Crippen LogP contribution in [0.1, 0.15) is 5.56 Å². The lowest BCUT2D eigenvalue weighted by atomic mass is 10.2. The highest BCUT2D eigenvalue weighted by molar-refractivity contribution is 9.10. The quantitative estimate of drug-likeness (QED) is 0.814. The number of hydrogen-bond donors (Lipinski definition) is 2. The Morgan fingerprint density at radius 1 is 1.18 bits per heavy atom. The molecule has 0 amide bonds. The number of nitrogens with two attached hydrogens (primary N) is 1. The summed E-state index contributed by atoms with van der Waals surface area (Å²) in [5.74, 6) is -0.418. The second-order valence-electron chi connectivity index (χ2n) is 3.84. The van der Waals surface area contributed by atoms with E-state index in [4.69, 9.17) is 5.73 Å². The van der Waals surface area contributed by atoms with Crippen molar-refractivity contribution in [2.24, 2.45) is 0 Å². The van der Waals surface area contributed by atoms with E-state index in [0.29, 0.717) is 5.69 Å². The van der Waals surface area contributed by atoms with Crippen molar-refractivity contribution < 1.29 is 4.39 Å². The molecule has 0 atom stereocenters. The van der Waals surface area contributed by atoms with E-state index in [2.05, 4.69) is 21.2 Å². The molecule has 0 radical (unpaired) electrons. The van der Waals surface area contributed by atoms with Crippen molar-refractivity contribution in [3.05, 3.63) is 52.3 Å². The zero-order valence-corrected chi connectivity index (χ0v) is 10.9. The monoisotopic (exact) mass is 294 g/mol. The molecular weight excluding hydrogens is 283 g/mol. The van der Waals surface area contributed by atoms with E-state index >= 15 is 0 Å². The minimum atomic E-state index is -0.418. The lowest BCUT2D eigenvalue weighted by Crippen LogP contribution is -1.95. The van der Waals surface area contributed by atoms with E-state index in [1.54, 1.807) is 12.1 Å². The first-order valence-corrected chi connectivity index (χ1v) is 5.94. The smallest absolute Gasteiger partial charge is 0.148 e. The summed E-state index contributed by atoms with van der Waals surface area (Å²) < 4.78 is 14.2. The van der Waals surface area contributed by atoms with Crippen LogP contribution >= 0.6 is 15.9 Å². The zero-order chi connectivity index (χ0) is 12.4. The van der Waals surface area contributed by atoms with E-state index in [0.717, 1.165) is 15.7 Å². The Bertz CT molecular complexity index is 555. The first-order chi connectivity index (χ1) is 8.06. The number of anilines is 3. The van der Waals surface area contributed by atoms with Crippen LogP contribution in [0, 0.1) is 12.7 Å². The molecule has 0 heterocycles. The molecule has 0 aliphatic carbocycles. The Labute approximate surface area is 108 Å². The number of rotatable bonds is 2. The second kappa shape index (κ2) is 4.75.